The molecular weight excluding hydrogens is 320 g/mol. The van der Waals surface area contributed by atoms with Crippen LogP contribution in [0, 0.1) is 0 Å². The van der Waals surface area contributed by atoms with Gasteiger partial charge in [0.15, 0.2) is 0 Å². The van der Waals surface area contributed by atoms with Gasteiger partial charge in [0.05, 0.1) is 0 Å². The van der Waals surface area contributed by atoms with Crippen molar-refractivity contribution in [1.82, 2.24) is 10.2 Å². The number of carboxylic acid groups (broad SMARTS) is 1. The topological polar surface area (TPSA) is 52.6 Å². The van der Waals surface area contributed by atoms with E-state index in [-0.39, 0.29) is 0 Å². The van der Waals surface area contributed by atoms with Crippen molar-refractivity contribution in [3.8, 4) is 0 Å². The first-order valence-corrected chi connectivity index (χ1v) is 6.64. The molecule has 1 aromatic rings. The molecule has 0 saturated carbocycles. The van der Waals surface area contributed by atoms with Crippen molar-refractivity contribution in [1.29, 1.82) is 0 Å². The summed E-state index contributed by atoms with van der Waals surface area (Å²) in [5, 5.41) is 12.8. The lowest BCUT2D eigenvalue weighted by molar-refractivity contribution is -0.139. The maximum Gasteiger partial charge on any atom is 0.325 e. The minimum atomic E-state index is -0.906. The fourth-order valence-corrected chi connectivity index (χ4v) is 2.41. The van der Waals surface area contributed by atoms with Gasteiger partial charge in [0.1, 0.15) is 6.04 Å². The summed E-state index contributed by atoms with van der Waals surface area (Å²) in [6, 6.07) is 4.36. The number of carbonyl (C=O) groups is 1. The molecule has 1 rings (SSSR count). The third kappa shape index (κ3) is 4.57. The Balaban J connectivity index is 2.81. The van der Waals surface area contributed by atoms with Crippen molar-refractivity contribution >= 4 is 33.5 Å². The summed E-state index contributed by atoms with van der Waals surface area (Å²) in [6.07, 6.45) is 0. The van der Waals surface area contributed by atoms with Crippen LogP contribution in [0.5, 0.6) is 0 Å². The van der Waals surface area contributed by atoms with E-state index in [1.165, 1.54) is 0 Å². The Morgan fingerprint density at radius 2 is 2.22 bits per heavy atom. The molecule has 0 saturated heterocycles. The molecule has 1 unspecified atom stereocenters. The Kier molecular flexibility index (Phi) is 6.08. The summed E-state index contributed by atoms with van der Waals surface area (Å²) in [6.45, 7) is 1.37. The van der Waals surface area contributed by atoms with E-state index < -0.39 is 12.0 Å². The molecule has 0 bridgehead atoms. The second kappa shape index (κ2) is 7.09. The van der Waals surface area contributed by atoms with Gasteiger partial charge in [0.2, 0.25) is 0 Å². The number of nitrogens with one attached hydrogen (secondary N) is 1. The van der Waals surface area contributed by atoms with Crippen molar-refractivity contribution in [3.05, 3.63) is 33.3 Å². The molecule has 0 spiro atoms. The SMILES string of the molecule is CN(C)CCNC(C(=O)O)c1ccc(Cl)cc1Br. The van der Waals surface area contributed by atoms with Crippen LogP contribution in [0.2, 0.25) is 5.02 Å². The van der Waals surface area contributed by atoms with E-state index in [0.717, 1.165) is 6.54 Å². The van der Waals surface area contributed by atoms with Gasteiger partial charge in [-0.15, -0.1) is 0 Å². The van der Waals surface area contributed by atoms with E-state index >= 15 is 0 Å². The number of rotatable bonds is 6. The number of likely N-dealkylation sites (N-methyl/N-ethyl adjacent to an activating group) is 1. The fraction of sp³-hybridized carbons (Fsp3) is 0.417. The van der Waals surface area contributed by atoms with Crippen LogP contribution in [0.4, 0.5) is 0 Å². The molecule has 0 aliphatic heterocycles. The summed E-state index contributed by atoms with van der Waals surface area (Å²) in [7, 11) is 3.88. The number of nitrogens with zero attached hydrogens (tertiary/aromatic N) is 1. The summed E-state index contributed by atoms with van der Waals surface area (Å²) in [4.78, 5) is 13.3. The van der Waals surface area contributed by atoms with Crippen LogP contribution in [0.25, 0.3) is 0 Å². The largest absolute Gasteiger partial charge is 0.480 e. The van der Waals surface area contributed by atoms with Crippen molar-refractivity contribution in [3.63, 3.8) is 0 Å². The number of benzene rings is 1. The Labute approximate surface area is 120 Å². The lowest BCUT2D eigenvalue weighted by atomic mass is 10.1. The minimum Gasteiger partial charge on any atom is -0.480 e. The number of carboxylic acids is 1. The lowest BCUT2D eigenvalue weighted by Gasteiger charge is -2.18. The summed E-state index contributed by atoms with van der Waals surface area (Å²) >= 11 is 9.18. The third-order valence-electron chi connectivity index (χ3n) is 2.43. The van der Waals surface area contributed by atoms with E-state index in [0.29, 0.717) is 21.6 Å². The molecule has 100 valence electrons. The zero-order chi connectivity index (χ0) is 13.7. The van der Waals surface area contributed by atoms with Crippen LogP contribution in [0.3, 0.4) is 0 Å². The summed E-state index contributed by atoms with van der Waals surface area (Å²) in [5.41, 5.74) is 0.672. The third-order valence-corrected chi connectivity index (χ3v) is 3.35. The van der Waals surface area contributed by atoms with Crippen LogP contribution in [-0.2, 0) is 4.79 Å². The van der Waals surface area contributed by atoms with E-state index in [4.69, 9.17) is 11.6 Å². The van der Waals surface area contributed by atoms with Gasteiger partial charge in [-0.25, -0.2) is 0 Å². The van der Waals surface area contributed by atoms with Crippen molar-refractivity contribution in [2.45, 2.75) is 6.04 Å². The molecule has 0 aliphatic rings. The maximum atomic E-state index is 11.3. The lowest BCUT2D eigenvalue weighted by Crippen LogP contribution is -2.34. The zero-order valence-corrected chi connectivity index (χ0v) is 12.6. The van der Waals surface area contributed by atoms with E-state index in [1.807, 2.05) is 19.0 Å². The van der Waals surface area contributed by atoms with Crippen LogP contribution in [-0.4, -0.2) is 43.2 Å². The average Bonchev–Trinajstić information content (AvgIpc) is 2.25. The Bertz CT molecular complexity index is 427. The van der Waals surface area contributed by atoms with E-state index in [9.17, 15) is 9.90 Å². The average molecular weight is 336 g/mol. The minimum absolute atomic E-state index is 0.572. The monoisotopic (exact) mass is 334 g/mol. The van der Waals surface area contributed by atoms with Gasteiger partial charge in [-0.1, -0.05) is 33.6 Å². The maximum absolute atomic E-state index is 11.3. The summed E-state index contributed by atoms with van der Waals surface area (Å²) in [5.74, 6) is -0.906. The van der Waals surface area contributed by atoms with Crippen LogP contribution in [0.15, 0.2) is 22.7 Å². The predicted molar refractivity (Wildman–Crippen MR) is 76.1 cm³/mol. The highest BCUT2D eigenvalue weighted by molar-refractivity contribution is 9.10. The summed E-state index contributed by atoms with van der Waals surface area (Å²) < 4.78 is 0.694. The Hall–Kier alpha value is -0.620. The molecule has 2 N–H and O–H groups in total. The molecule has 0 aromatic heterocycles. The second-order valence-electron chi connectivity index (χ2n) is 4.19. The number of halogens is 2. The number of hydrogen-bond donors (Lipinski definition) is 2. The quantitative estimate of drug-likeness (QED) is 0.838. The van der Waals surface area contributed by atoms with Gasteiger partial charge in [0, 0.05) is 22.6 Å². The second-order valence-corrected chi connectivity index (χ2v) is 5.49. The standard InChI is InChI=1S/C12H16BrClN2O2/c1-16(2)6-5-15-11(12(17)18)9-4-3-8(14)7-10(9)13/h3-4,7,11,15H,5-6H2,1-2H3,(H,17,18). The van der Waals surface area contributed by atoms with E-state index in [2.05, 4.69) is 21.2 Å². The van der Waals surface area contributed by atoms with Crippen LogP contribution < -0.4 is 5.32 Å². The predicted octanol–water partition coefficient (Wildman–Crippen LogP) is 2.38. The van der Waals surface area contributed by atoms with Crippen LogP contribution >= 0.6 is 27.5 Å². The van der Waals surface area contributed by atoms with Gasteiger partial charge in [-0.3, -0.25) is 10.1 Å². The molecule has 18 heavy (non-hydrogen) atoms. The highest BCUT2D eigenvalue weighted by Gasteiger charge is 2.21. The highest BCUT2D eigenvalue weighted by Crippen LogP contribution is 2.26. The fourth-order valence-electron chi connectivity index (χ4n) is 1.50. The number of aliphatic carboxylic acids is 1. The Morgan fingerprint density at radius 3 is 2.72 bits per heavy atom. The van der Waals surface area contributed by atoms with Crippen molar-refractivity contribution in [2.75, 3.05) is 27.2 Å². The molecule has 1 atom stereocenters. The molecule has 1 aromatic carbocycles. The molecule has 0 amide bonds. The molecule has 4 nitrogen and oxygen atoms in total. The number of hydrogen-bond acceptors (Lipinski definition) is 3. The van der Waals surface area contributed by atoms with Gasteiger partial charge in [-0.05, 0) is 31.8 Å². The molecule has 0 aliphatic carbocycles. The first-order chi connectivity index (χ1) is 8.41. The zero-order valence-electron chi connectivity index (χ0n) is 10.3. The first kappa shape index (κ1) is 15.4. The van der Waals surface area contributed by atoms with Gasteiger partial charge in [0.25, 0.3) is 0 Å². The molecule has 6 heteroatoms. The van der Waals surface area contributed by atoms with Crippen LogP contribution in [0.1, 0.15) is 11.6 Å². The molecule has 0 fully saturated rings. The van der Waals surface area contributed by atoms with Gasteiger partial charge < -0.3 is 10.0 Å². The normalized spacial score (nSPS) is 12.7. The Morgan fingerprint density at radius 1 is 1.56 bits per heavy atom. The van der Waals surface area contributed by atoms with Crippen molar-refractivity contribution < 1.29 is 9.90 Å². The molecule has 0 heterocycles. The van der Waals surface area contributed by atoms with Gasteiger partial charge >= 0.3 is 5.97 Å². The van der Waals surface area contributed by atoms with Gasteiger partial charge in [-0.2, -0.15) is 0 Å². The molecule has 0 radical (unpaired) electrons. The highest BCUT2D eigenvalue weighted by atomic mass is 79.9. The smallest absolute Gasteiger partial charge is 0.325 e. The van der Waals surface area contributed by atoms with Crippen molar-refractivity contribution in [2.24, 2.45) is 0 Å². The molecular formula is C12H16BrClN2O2. The first-order valence-electron chi connectivity index (χ1n) is 5.47. The van der Waals surface area contributed by atoms with E-state index in [1.54, 1.807) is 18.2 Å².